The summed E-state index contributed by atoms with van der Waals surface area (Å²) >= 11 is 0. The number of nitrogens with two attached hydrogens (primary N) is 1. The van der Waals surface area contributed by atoms with Gasteiger partial charge in [-0.15, -0.1) is 0 Å². The molecule has 1 aliphatic carbocycles. The van der Waals surface area contributed by atoms with Crippen molar-refractivity contribution >= 4 is 11.8 Å². The predicted octanol–water partition coefficient (Wildman–Crippen LogP) is 3.69. The highest BCUT2D eigenvalue weighted by molar-refractivity contribution is 5.92. The van der Waals surface area contributed by atoms with Crippen molar-refractivity contribution in [1.29, 1.82) is 5.26 Å². The minimum atomic E-state index is -1.01. The number of primary amides is 1. The third-order valence-corrected chi connectivity index (χ3v) is 7.09. The summed E-state index contributed by atoms with van der Waals surface area (Å²) in [5, 5.41) is 12.6. The number of nitrogens with one attached hydrogen (secondary N) is 1. The fraction of sp³-hybridized carbons (Fsp3) is 0.464. The van der Waals surface area contributed by atoms with Crippen molar-refractivity contribution < 1.29 is 9.59 Å². The third-order valence-electron chi connectivity index (χ3n) is 7.09. The van der Waals surface area contributed by atoms with Crippen LogP contribution in [0.2, 0.25) is 0 Å². The number of carbonyl (C=O) groups excluding carboxylic acids is 2. The Morgan fingerprint density at radius 2 is 2.09 bits per heavy atom. The summed E-state index contributed by atoms with van der Waals surface area (Å²) in [6, 6.07) is 9.77. The van der Waals surface area contributed by atoms with Crippen molar-refractivity contribution in [1.82, 2.24) is 10.2 Å². The van der Waals surface area contributed by atoms with Gasteiger partial charge in [-0.3, -0.25) is 9.59 Å². The monoisotopic (exact) mass is 460 g/mol. The topological polar surface area (TPSA) is 99.2 Å². The number of nitriles is 1. The van der Waals surface area contributed by atoms with Crippen LogP contribution in [0.25, 0.3) is 0 Å². The molecule has 0 saturated carbocycles. The molecule has 1 aromatic rings. The first-order valence-corrected chi connectivity index (χ1v) is 12.2. The lowest BCUT2D eigenvalue weighted by atomic mass is 9.67. The van der Waals surface area contributed by atoms with Crippen molar-refractivity contribution in [2.45, 2.75) is 70.4 Å². The van der Waals surface area contributed by atoms with Crippen LogP contribution in [-0.4, -0.2) is 41.9 Å². The molecule has 2 aliphatic rings. The van der Waals surface area contributed by atoms with E-state index in [0.717, 1.165) is 48.0 Å². The lowest BCUT2D eigenvalue weighted by Crippen LogP contribution is -2.49. The van der Waals surface area contributed by atoms with Gasteiger partial charge >= 0.3 is 0 Å². The van der Waals surface area contributed by atoms with E-state index in [4.69, 9.17) is 5.73 Å². The quantitative estimate of drug-likeness (QED) is 0.578. The van der Waals surface area contributed by atoms with Crippen LogP contribution in [0.15, 0.2) is 59.7 Å². The molecule has 0 aromatic heterocycles. The highest BCUT2D eigenvalue weighted by Gasteiger charge is 2.45. The zero-order valence-electron chi connectivity index (χ0n) is 20.5. The van der Waals surface area contributed by atoms with Crippen LogP contribution in [0.4, 0.5) is 0 Å². The third kappa shape index (κ3) is 5.15. The van der Waals surface area contributed by atoms with Crippen LogP contribution in [0, 0.1) is 11.3 Å². The molecule has 3 rings (SSSR count). The number of likely N-dealkylation sites (tertiary alicyclic amines) is 1. The number of allylic oxidation sites excluding steroid dienone is 5. The van der Waals surface area contributed by atoms with Gasteiger partial charge in [0.05, 0.1) is 12.6 Å². The normalized spacial score (nSPS) is 23.7. The van der Waals surface area contributed by atoms with Gasteiger partial charge in [0, 0.05) is 12.6 Å². The van der Waals surface area contributed by atoms with Gasteiger partial charge in [-0.2, -0.15) is 5.26 Å². The number of aryl methyl sites for hydroxylation is 1. The van der Waals surface area contributed by atoms with E-state index in [2.05, 4.69) is 24.4 Å². The molecule has 180 valence electrons. The Kier molecular flexibility index (Phi) is 8.46. The van der Waals surface area contributed by atoms with Gasteiger partial charge in [0.1, 0.15) is 11.5 Å². The molecule has 6 nitrogen and oxygen atoms in total. The lowest BCUT2D eigenvalue weighted by Gasteiger charge is -2.36. The standard InChI is InChI=1S/C28H36N4O2/c1-4-5-6-12-24-20(2)14-15-22-10-7-8-13-25(22)28(24,27(30)34)17-21(3)31-19-26(33)32-16-9-11-23(32)18-29/h4-8,10,12-13,21,23,31H,9,11,14-17,19H2,1-3H3,(H2,30,34)/b5-4-,12-6-/t21-,23?,28?/m1/s1. The van der Waals surface area contributed by atoms with E-state index in [9.17, 15) is 14.9 Å². The van der Waals surface area contributed by atoms with Crippen molar-refractivity contribution in [3.05, 3.63) is 70.8 Å². The Hall–Kier alpha value is -3.17. The molecule has 1 fully saturated rings. The highest BCUT2D eigenvalue weighted by atomic mass is 16.2. The Labute approximate surface area is 203 Å². The van der Waals surface area contributed by atoms with Gasteiger partial charge in [-0.25, -0.2) is 0 Å². The molecule has 2 amide bonds. The average molecular weight is 461 g/mol. The highest BCUT2D eigenvalue weighted by Crippen LogP contribution is 2.44. The molecule has 6 heteroatoms. The van der Waals surface area contributed by atoms with Crippen LogP contribution >= 0.6 is 0 Å². The van der Waals surface area contributed by atoms with Crippen molar-refractivity contribution in [2.75, 3.05) is 13.1 Å². The fourth-order valence-corrected chi connectivity index (χ4v) is 5.35. The van der Waals surface area contributed by atoms with E-state index in [1.807, 2.05) is 56.4 Å². The van der Waals surface area contributed by atoms with Gasteiger partial charge in [-0.05, 0) is 69.6 Å². The molecule has 1 saturated heterocycles. The number of carbonyl (C=O) groups is 2. The molecule has 0 bridgehead atoms. The summed E-state index contributed by atoms with van der Waals surface area (Å²) < 4.78 is 0. The Bertz CT molecular complexity index is 1050. The van der Waals surface area contributed by atoms with Gasteiger partial charge in [0.2, 0.25) is 11.8 Å². The average Bonchev–Trinajstić information content (AvgIpc) is 3.27. The minimum Gasteiger partial charge on any atom is -0.369 e. The second-order valence-corrected chi connectivity index (χ2v) is 9.37. The van der Waals surface area contributed by atoms with E-state index >= 15 is 0 Å². The van der Waals surface area contributed by atoms with Gasteiger partial charge in [0.25, 0.3) is 0 Å². The number of benzene rings is 1. The zero-order chi connectivity index (χ0) is 24.7. The first-order valence-electron chi connectivity index (χ1n) is 12.2. The minimum absolute atomic E-state index is 0.0785. The maximum Gasteiger partial charge on any atom is 0.237 e. The molecule has 3 N–H and O–H groups in total. The molecule has 1 heterocycles. The van der Waals surface area contributed by atoms with E-state index in [0.29, 0.717) is 13.0 Å². The van der Waals surface area contributed by atoms with Crippen molar-refractivity contribution in [3.8, 4) is 6.07 Å². The van der Waals surface area contributed by atoms with E-state index in [1.54, 1.807) is 4.90 Å². The summed E-state index contributed by atoms with van der Waals surface area (Å²) in [5.74, 6) is -0.462. The molecule has 1 aromatic carbocycles. The number of rotatable bonds is 8. The maximum absolute atomic E-state index is 13.3. The summed E-state index contributed by atoms with van der Waals surface area (Å²) in [5.41, 5.74) is 9.38. The first kappa shape index (κ1) is 25.5. The summed E-state index contributed by atoms with van der Waals surface area (Å²) in [6.07, 6.45) is 11.6. The van der Waals surface area contributed by atoms with E-state index in [-0.39, 0.29) is 30.4 Å². The van der Waals surface area contributed by atoms with Gasteiger partial charge in [0.15, 0.2) is 0 Å². The van der Waals surface area contributed by atoms with Gasteiger partial charge < -0.3 is 16.0 Å². The predicted molar refractivity (Wildman–Crippen MR) is 135 cm³/mol. The summed E-state index contributed by atoms with van der Waals surface area (Å²) in [7, 11) is 0. The zero-order valence-corrected chi connectivity index (χ0v) is 20.5. The molecular weight excluding hydrogens is 424 g/mol. The molecule has 0 spiro atoms. The smallest absolute Gasteiger partial charge is 0.237 e. The second-order valence-electron chi connectivity index (χ2n) is 9.37. The Morgan fingerprint density at radius 3 is 2.79 bits per heavy atom. The van der Waals surface area contributed by atoms with E-state index in [1.165, 1.54) is 0 Å². The van der Waals surface area contributed by atoms with Crippen molar-refractivity contribution in [2.24, 2.45) is 5.73 Å². The van der Waals surface area contributed by atoms with Crippen LogP contribution < -0.4 is 11.1 Å². The molecular formula is C28H36N4O2. The number of nitrogens with zero attached hydrogens (tertiary/aromatic N) is 2. The largest absolute Gasteiger partial charge is 0.369 e. The van der Waals surface area contributed by atoms with Crippen LogP contribution in [0.5, 0.6) is 0 Å². The maximum atomic E-state index is 13.3. The van der Waals surface area contributed by atoms with Crippen LogP contribution in [0.3, 0.4) is 0 Å². The molecule has 1 aliphatic heterocycles. The summed E-state index contributed by atoms with van der Waals surface area (Å²) in [4.78, 5) is 27.8. The van der Waals surface area contributed by atoms with E-state index < -0.39 is 5.41 Å². The molecule has 2 unspecified atom stereocenters. The molecule has 3 atom stereocenters. The van der Waals surface area contributed by atoms with Crippen LogP contribution in [-0.2, 0) is 21.4 Å². The summed E-state index contributed by atoms with van der Waals surface area (Å²) in [6.45, 7) is 6.77. The molecule has 0 radical (unpaired) electrons. The number of amides is 2. The number of hydrogen-bond donors (Lipinski definition) is 2. The first-order chi connectivity index (χ1) is 16.3. The second kappa shape index (κ2) is 11.3. The Morgan fingerprint density at radius 1 is 1.32 bits per heavy atom. The SMILES string of the molecule is C/C=C\C=C/C1=C(C)CCc2ccccc2C1(C[C@@H](C)NCC(=O)N1CCCC1C#N)C(N)=O. The fourth-order valence-electron chi connectivity index (χ4n) is 5.35. The van der Waals surface area contributed by atoms with Crippen molar-refractivity contribution in [3.63, 3.8) is 0 Å². The number of fused-ring (bicyclic) bond motifs is 1. The number of hydrogen-bond acceptors (Lipinski definition) is 4. The lowest BCUT2D eigenvalue weighted by molar-refractivity contribution is -0.130. The molecule has 34 heavy (non-hydrogen) atoms. The van der Waals surface area contributed by atoms with Crippen LogP contribution in [0.1, 0.15) is 57.6 Å². The Balaban J connectivity index is 1.94. The van der Waals surface area contributed by atoms with Gasteiger partial charge in [-0.1, -0.05) is 54.1 Å².